The van der Waals surface area contributed by atoms with E-state index in [0.29, 0.717) is 29.4 Å². The third-order valence-electron chi connectivity index (χ3n) is 3.96. The molecule has 2 N–H and O–H groups in total. The van der Waals surface area contributed by atoms with Crippen molar-refractivity contribution in [1.82, 2.24) is 5.32 Å². The molecule has 0 aromatic heterocycles. The van der Waals surface area contributed by atoms with Gasteiger partial charge >= 0.3 is 12.1 Å². The molecule has 1 rings (SSSR count). The summed E-state index contributed by atoms with van der Waals surface area (Å²) < 4.78 is 21.9. The lowest BCUT2D eigenvalue weighted by atomic mass is 10.0. The Balaban J connectivity index is 3.28. The summed E-state index contributed by atoms with van der Waals surface area (Å²) in [5, 5.41) is 12.2. The SMILES string of the molecule is COc1cccc(OC)c1C(NC(=O)OC(C)(C)C)OC(CCC(C)C)C(=O)O. The van der Waals surface area contributed by atoms with Gasteiger partial charge in [-0.2, -0.15) is 0 Å². The number of benzene rings is 1. The van der Waals surface area contributed by atoms with E-state index in [1.54, 1.807) is 39.0 Å². The number of alkyl carbamates (subject to hydrolysis) is 1. The van der Waals surface area contributed by atoms with Gasteiger partial charge in [-0.05, 0) is 51.7 Å². The fourth-order valence-electron chi connectivity index (χ4n) is 2.63. The molecule has 0 fully saturated rings. The zero-order valence-electron chi connectivity index (χ0n) is 18.3. The van der Waals surface area contributed by atoms with Gasteiger partial charge in [-0.1, -0.05) is 19.9 Å². The van der Waals surface area contributed by atoms with E-state index in [1.807, 2.05) is 13.8 Å². The number of carbonyl (C=O) groups is 2. The van der Waals surface area contributed by atoms with E-state index >= 15 is 0 Å². The Morgan fingerprint density at radius 1 is 1.07 bits per heavy atom. The average Bonchev–Trinajstić information content (AvgIpc) is 2.61. The summed E-state index contributed by atoms with van der Waals surface area (Å²) in [4.78, 5) is 24.2. The molecule has 8 nitrogen and oxygen atoms in total. The zero-order valence-corrected chi connectivity index (χ0v) is 18.3. The van der Waals surface area contributed by atoms with Crippen LogP contribution in [0, 0.1) is 5.92 Å². The third kappa shape index (κ3) is 8.19. The maximum atomic E-state index is 12.4. The van der Waals surface area contributed by atoms with E-state index in [4.69, 9.17) is 18.9 Å². The Kier molecular flexibility index (Phi) is 9.23. The van der Waals surface area contributed by atoms with E-state index in [-0.39, 0.29) is 6.42 Å². The largest absolute Gasteiger partial charge is 0.496 e. The smallest absolute Gasteiger partial charge is 0.409 e. The maximum Gasteiger partial charge on any atom is 0.409 e. The molecule has 1 aromatic carbocycles. The molecule has 0 aliphatic heterocycles. The lowest BCUT2D eigenvalue weighted by Gasteiger charge is -2.28. The number of carbonyl (C=O) groups excluding carboxylic acids is 1. The van der Waals surface area contributed by atoms with Gasteiger partial charge in [0.1, 0.15) is 17.1 Å². The summed E-state index contributed by atoms with van der Waals surface area (Å²) in [5.74, 6) is -0.0363. The van der Waals surface area contributed by atoms with Gasteiger partial charge in [0.25, 0.3) is 0 Å². The first-order chi connectivity index (χ1) is 13.5. The molecule has 0 heterocycles. The van der Waals surface area contributed by atoms with Crippen molar-refractivity contribution in [3.05, 3.63) is 23.8 Å². The van der Waals surface area contributed by atoms with Crippen molar-refractivity contribution in [1.29, 1.82) is 0 Å². The van der Waals surface area contributed by atoms with Crippen molar-refractivity contribution in [2.45, 2.75) is 65.4 Å². The van der Waals surface area contributed by atoms with Crippen molar-refractivity contribution in [2.75, 3.05) is 14.2 Å². The number of amides is 1. The number of aliphatic carboxylic acids is 1. The zero-order chi connectivity index (χ0) is 22.2. The highest BCUT2D eigenvalue weighted by atomic mass is 16.6. The number of methoxy groups -OCH3 is 2. The van der Waals surface area contributed by atoms with Crippen LogP contribution in [0.5, 0.6) is 11.5 Å². The maximum absolute atomic E-state index is 12.4. The monoisotopic (exact) mass is 411 g/mol. The minimum absolute atomic E-state index is 0.289. The molecule has 0 aliphatic rings. The number of hydrogen-bond donors (Lipinski definition) is 2. The summed E-state index contributed by atoms with van der Waals surface area (Å²) in [5.41, 5.74) is -0.359. The second-order valence-electron chi connectivity index (χ2n) is 8.04. The first-order valence-corrected chi connectivity index (χ1v) is 9.57. The van der Waals surface area contributed by atoms with Crippen LogP contribution in [-0.4, -0.2) is 43.1 Å². The van der Waals surface area contributed by atoms with Crippen LogP contribution in [0.15, 0.2) is 18.2 Å². The van der Waals surface area contributed by atoms with Crippen LogP contribution in [0.2, 0.25) is 0 Å². The molecule has 2 atom stereocenters. The van der Waals surface area contributed by atoms with Crippen LogP contribution < -0.4 is 14.8 Å². The Hall–Kier alpha value is -2.48. The summed E-state index contributed by atoms with van der Waals surface area (Å²) in [7, 11) is 2.94. The number of ether oxygens (including phenoxy) is 4. The van der Waals surface area contributed by atoms with E-state index < -0.39 is 30.0 Å². The van der Waals surface area contributed by atoms with Crippen LogP contribution in [-0.2, 0) is 14.3 Å². The summed E-state index contributed by atoms with van der Waals surface area (Å²) in [6.07, 6.45) is -2.09. The molecule has 0 aliphatic carbocycles. The predicted octanol–water partition coefficient (Wildman–Crippen LogP) is 4.13. The Morgan fingerprint density at radius 3 is 2.03 bits per heavy atom. The van der Waals surface area contributed by atoms with Crippen LogP contribution in [0.1, 0.15) is 59.3 Å². The summed E-state index contributed by atoms with van der Waals surface area (Å²) in [6.45, 7) is 9.19. The average molecular weight is 411 g/mol. The predicted molar refractivity (Wildman–Crippen MR) is 108 cm³/mol. The van der Waals surface area contributed by atoms with Crippen molar-refractivity contribution in [3.8, 4) is 11.5 Å². The van der Waals surface area contributed by atoms with Gasteiger partial charge in [-0.3, -0.25) is 5.32 Å². The molecule has 2 unspecified atom stereocenters. The van der Waals surface area contributed by atoms with E-state index in [0.717, 1.165) is 0 Å². The van der Waals surface area contributed by atoms with E-state index in [9.17, 15) is 14.7 Å². The fraction of sp³-hybridized carbons (Fsp3) is 0.619. The lowest BCUT2D eigenvalue weighted by molar-refractivity contribution is -0.157. The van der Waals surface area contributed by atoms with Crippen LogP contribution in [0.25, 0.3) is 0 Å². The number of rotatable bonds is 10. The Bertz CT molecular complexity index is 660. The summed E-state index contributed by atoms with van der Waals surface area (Å²) >= 11 is 0. The van der Waals surface area contributed by atoms with Crippen molar-refractivity contribution < 1.29 is 33.6 Å². The van der Waals surface area contributed by atoms with Crippen molar-refractivity contribution in [2.24, 2.45) is 5.92 Å². The van der Waals surface area contributed by atoms with Gasteiger partial charge < -0.3 is 24.1 Å². The molecule has 0 saturated heterocycles. The lowest BCUT2D eigenvalue weighted by Crippen LogP contribution is -2.39. The first kappa shape index (κ1) is 24.6. The highest BCUT2D eigenvalue weighted by Gasteiger charge is 2.31. The number of hydrogen-bond acceptors (Lipinski definition) is 6. The number of carboxylic acid groups (broad SMARTS) is 1. The van der Waals surface area contributed by atoms with E-state index in [1.165, 1.54) is 14.2 Å². The molecule has 29 heavy (non-hydrogen) atoms. The molecule has 0 bridgehead atoms. The van der Waals surface area contributed by atoms with Crippen LogP contribution >= 0.6 is 0 Å². The third-order valence-corrected chi connectivity index (χ3v) is 3.96. The fourth-order valence-corrected chi connectivity index (χ4v) is 2.63. The Labute approximate surface area is 172 Å². The van der Waals surface area contributed by atoms with Crippen molar-refractivity contribution in [3.63, 3.8) is 0 Å². The molecular formula is C21H33NO7. The Morgan fingerprint density at radius 2 is 1.62 bits per heavy atom. The number of nitrogens with one attached hydrogen (secondary N) is 1. The second kappa shape index (κ2) is 10.9. The van der Waals surface area contributed by atoms with Crippen LogP contribution in [0.4, 0.5) is 4.79 Å². The molecule has 1 aromatic rings. The van der Waals surface area contributed by atoms with Gasteiger partial charge in [-0.25, -0.2) is 9.59 Å². The van der Waals surface area contributed by atoms with Gasteiger partial charge in [0.2, 0.25) is 0 Å². The van der Waals surface area contributed by atoms with Gasteiger partial charge in [-0.15, -0.1) is 0 Å². The van der Waals surface area contributed by atoms with Crippen LogP contribution in [0.3, 0.4) is 0 Å². The minimum atomic E-state index is -1.15. The number of carboxylic acids is 1. The normalized spacial score (nSPS) is 13.5. The molecule has 164 valence electrons. The highest BCUT2D eigenvalue weighted by Crippen LogP contribution is 2.36. The standard InChI is InChI=1S/C21H33NO7/c1-13(2)11-12-16(19(23)24)28-18(22-20(25)29-21(3,4)5)17-14(26-6)9-8-10-15(17)27-7/h8-10,13,16,18H,11-12H2,1-7H3,(H,22,25)(H,23,24). The van der Waals surface area contributed by atoms with Gasteiger partial charge in [0.15, 0.2) is 12.3 Å². The molecule has 0 spiro atoms. The minimum Gasteiger partial charge on any atom is -0.496 e. The quantitative estimate of drug-likeness (QED) is 0.558. The molecule has 1 amide bonds. The molecule has 8 heteroatoms. The second-order valence-corrected chi connectivity index (χ2v) is 8.04. The summed E-state index contributed by atoms with van der Waals surface area (Å²) in [6, 6.07) is 5.07. The first-order valence-electron chi connectivity index (χ1n) is 9.57. The highest BCUT2D eigenvalue weighted by molar-refractivity contribution is 5.72. The molecular weight excluding hydrogens is 378 g/mol. The van der Waals surface area contributed by atoms with E-state index in [2.05, 4.69) is 5.32 Å². The van der Waals surface area contributed by atoms with Gasteiger partial charge in [0.05, 0.1) is 19.8 Å². The van der Waals surface area contributed by atoms with Crippen molar-refractivity contribution >= 4 is 12.1 Å². The molecule has 0 saturated carbocycles. The molecule has 0 radical (unpaired) electrons. The van der Waals surface area contributed by atoms with Gasteiger partial charge in [0, 0.05) is 0 Å². The topological polar surface area (TPSA) is 103 Å².